The molecule has 0 amide bonds. The molecule has 3 rings (SSSR count). The normalized spacial score (nSPS) is 24.0. The van der Waals surface area contributed by atoms with E-state index in [1.54, 1.807) is 0 Å². The van der Waals surface area contributed by atoms with Crippen LogP contribution in [0.4, 0.5) is 0 Å². The molecule has 0 bridgehead atoms. The first-order valence-corrected chi connectivity index (χ1v) is 8.73. The van der Waals surface area contributed by atoms with Crippen LogP contribution in [0.1, 0.15) is 63.0 Å². The smallest absolute Gasteiger partial charge is 0.0802 e. The lowest BCUT2D eigenvalue weighted by Crippen LogP contribution is -2.41. The van der Waals surface area contributed by atoms with Gasteiger partial charge >= 0.3 is 0 Å². The van der Waals surface area contributed by atoms with E-state index in [4.69, 9.17) is 0 Å². The average molecular weight is 287 g/mol. The van der Waals surface area contributed by atoms with E-state index in [2.05, 4.69) is 4.90 Å². The summed E-state index contributed by atoms with van der Waals surface area (Å²) < 4.78 is 0. The summed E-state index contributed by atoms with van der Waals surface area (Å²) in [6, 6.07) is 10.1. The Kier molecular flexibility index (Phi) is 4.97. The monoisotopic (exact) mass is 287 g/mol. The molecular formula is C19H29NO. The molecule has 1 N–H and O–H groups in total. The minimum Gasteiger partial charge on any atom is -0.388 e. The summed E-state index contributed by atoms with van der Waals surface area (Å²) in [6.07, 6.45) is 10.6. The van der Waals surface area contributed by atoms with Crippen LogP contribution in [0.5, 0.6) is 0 Å². The summed E-state index contributed by atoms with van der Waals surface area (Å²) in [4.78, 5) is 2.56. The van der Waals surface area contributed by atoms with E-state index in [0.717, 1.165) is 18.5 Å². The van der Waals surface area contributed by atoms with Crippen LogP contribution in [0.15, 0.2) is 30.3 Å². The Morgan fingerprint density at radius 2 is 1.62 bits per heavy atom. The molecule has 0 aromatic heterocycles. The van der Waals surface area contributed by atoms with Crippen molar-refractivity contribution in [3.8, 4) is 0 Å². The lowest BCUT2D eigenvalue weighted by atomic mass is 9.68. The van der Waals surface area contributed by atoms with E-state index in [-0.39, 0.29) is 6.10 Å². The van der Waals surface area contributed by atoms with Crippen molar-refractivity contribution in [1.29, 1.82) is 0 Å². The number of hydrogen-bond acceptors (Lipinski definition) is 2. The fourth-order valence-electron chi connectivity index (χ4n) is 4.20. The number of hydrogen-bond donors (Lipinski definition) is 1. The quantitative estimate of drug-likeness (QED) is 0.899. The minimum absolute atomic E-state index is 0.309. The summed E-state index contributed by atoms with van der Waals surface area (Å²) in [5.74, 6) is 0. The van der Waals surface area contributed by atoms with Gasteiger partial charge in [-0.05, 0) is 56.2 Å². The third-order valence-electron chi connectivity index (χ3n) is 5.73. The number of rotatable bonds is 4. The lowest BCUT2D eigenvalue weighted by Gasteiger charge is -2.44. The number of piperidine rings is 1. The van der Waals surface area contributed by atoms with Gasteiger partial charge in [0.2, 0.25) is 0 Å². The highest BCUT2D eigenvalue weighted by Gasteiger charge is 2.35. The number of benzene rings is 1. The molecule has 1 spiro atoms. The van der Waals surface area contributed by atoms with Gasteiger partial charge < -0.3 is 10.0 Å². The van der Waals surface area contributed by atoms with Crippen LogP contribution in [0, 0.1) is 5.41 Å². The van der Waals surface area contributed by atoms with E-state index in [1.807, 2.05) is 30.3 Å². The highest BCUT2D eigenvalue weighted by molar-refractivity contribution is 5.17. The summed E-state index contributed by atoms with van der Waals surface area (Å²) in [6.45, 7) is 3.51. The molecule has 1 aromatic rings. The van der Waals surface area contributed by atoms with E-state index in [0.29, 0.717) is 5.41 Å². The van der Waals surface area contributed by atoms with Gasteiger partial charge in [0.1, 0.15) is 0 Å². The zero-order valence-electron chi connectivity index (χ0n) is 13.1. The van der Waals surface area contributed by atoms with Crippen LogP contribution < -0.4 is 0 Å². The Hall–Kier alpha value is -0.860. The lowest BCUT2D eigenvalue weighted by molar-refractivity contribution is 0.0573. The highest BCUT2D eigenvalue weighted by Crippen LogP contribution is 2.44. The molecule has 1 unspecified atom stereocenters. The van der Waals surface area contributed by atoms with E-state index < -0.39 is 0 Å². The van der Waals surface area contributed by atoms with Gasteiger partial charge in [0.15, 0.2) is 0 Å². The first kappa shape index (κ1) is 15.1. The van der Waals surface area contributed by atoms with Crippen molar-refractivity contribution in [3.63, 3.8) is 0 Å². The molecule has 2 fully saturated rings. The molecule has 116 valence electrons. The molecule has 2 heteroatoms. The van der Waals surface area contributed by atoms with Crippen molar-refractivity contribution in [2.75, 3.05) is 19.6 Å². The molecule has 2 aliphatic rings. The van der Waals surface area contributed by atoms with Gasteiger partial charge in [-0.25, -0.2) is 0 Å². The van der Waals surface area contributed by atoms with Gasteiger partial charge in [-0.3, -0.25) is 0 Å². The maximum absolute atomic E-state index is 10.3. The van der Waals surface area contributed by atoms with Gasteiger partial charge in [-0.15, -0.1) is 0 Å². The maximum Gasteiger partial charge on any atom is 0.0802 e. The van der Waals surface area contributed by atoms with Crippen molar-refractivity contribution < 1.29 is 5.11 Å². The Morgan fingerprint density at radius 3 is 2.29 bits per heavy atom. The summed E-state index contributed by atoms with van der Waals surface area (Å²) in [5, 5.41) is 10.3. The van der Waals surface area contributed by atoms with Gasteiger partial charge in [-0.2, -0.15) is 0 Å². The molecule has 1 saturated heterocycles. The van der Waals surface area contributed by atoms with Crippen molar-refractivity contribution in [3.05, 3.63) is 35.9 Å². The Bertz CT molecular complexity index is 414. The molecule has 1 atom stereocenters. The highest BCUT2D eigenvalue weighted by atomic mass is 16.3. The van der Waals surface area contributed by atoms with Crippen molar-refractivity contribution >= 4 is 0 Å². The van der Waals surface area contributed by atoms with Crippen LogP contribution in [-0.2, 0) is 0 Å². The molecule has 1 aromatic carbocycles. The zero-order chi connectivity index (χ0) is 14.5. The number of aliphatic hydroxyl groups excluding tert-OH is 1. The fourth-order valence-corrected chi connectivity index (χ4v) is 4.20. The molecule has 1 aliphatic carbocycles. The second-order valence-electron chi connectivity index (χ2n) is 7.12. The van der Waals surface area contributed by atoms with Gasteiger partial charge in [0.05, 0.1) is 6.10 Å². The molecule has 1 heterocycles. The molecule has 21 heavy (non-hydrogen) atoms. The van der Waals surface area contributed by atoms with E-state index in [9.17, 15) is 5.11 Å². The number of aliphatic hydroxyl groups is 1. The molecule has 1 aliphatic heterocycles. The fraction of sp³-hybridized carbons (Fsp3) is 0.684. The van der Waals surface area contributed by atoms with Crippen LogP contribution in [0.3, 0.4) is 0 Å². The topological polar surface area (TPSA) is 23.5 Å². The van der Waals surface area contributed by atoms with E-state index in [1.165, 1.54) is 58.0 Å². The van der Waals surface area contributed by atoms with Gasteiger partial charge in [0.25, 0.3) is 0 Å². The molecule has 0 radical (unpaired) electrons. The average Bonchev–Trinajstić information content (AvgIpc) is 2.56. The standard InChI is InChI=1S/C19H29NO/c21-18(17-7-3-1-4-8-17)9-14-20-15-12-19(13-16-20)10-5-2-6-11-19/h1,3-4,7-8,18,21H,2,5-6,9-16H2. The third kappa shape index (κ3) is 3.87. The Balaban J connectivity index is 1.43. The predicted octanol–water partition coefficient (Wildman–Crippen LogP) is 4.16. The summed E-state index contributed by atoms with van der Waals surface area (Å²) in [5.41, 5.74) is 1.74. The first-order chi connectivity index (χ1) is 10.3. The van der Waals surface area contributed by atoms with Gasteiger partial charge in [0, 0.05) is 6.54 Å². The second-order valence-corrected chi connectivity index (χ2v) is 7.12. The largest absolute Gasteiger partial charge is 0.388 e. The van der Waals surface area contributed by atoms with Gasteiger partial charge in [-0.1, -0.05) is 49.6 Å². The summed E-state index contributed by atoms with van der Waals surface area (Å²) in [7, 11) is 0. The summed E-state index contributed by atoms with van der Waals surface area (Å²) >= 11 is 0. The number of likely N-dealkylation sites (tertiary alicyclic amines) is 1. The van der Waals surface area contributed by atoms with Crippen molar-refractivity contribution in [2.24, 2.45) is 5.41 Å². The molecular weight excluding hydrogens is 258 g/mol. The second kappa shape index (κ2) is 6.93. The van der Waals surface area contributed by atoms with Crippen molar-refractivity contribution in [2.45, 2.75) is 57.5 Å². The van der Waals surface area contributed by atoms with Crippen LogP contribution >= 0.6 is 0 Å². The predicted molar refractivity (Wildman–Crippen MR) is 87.2 cm³/mol. The third-order valence-corrected chi connectivity index (χ3v) is 5.73. The van der Waals surface area contributed by atoms with Crippen LogP contribution in [-0.4, -0.2) is 29.6 Å². The molecule has 1 saturated carbocycles. The molecule has 2 nitrogen and oxygen atoms in total. The van der Waals surface area contributed by atoms with Crippen LogP contribution in [0.2, 0.25) is 0 Å². The Labute approximate surface area is 129 Å². The minimum atomic E-state index is -0.309. The number of nitrogens with zero attached hydrogens (tertiary/aromatic N) is 1. The van der Waals surface area contributed by atoms with Crippen LogP contribution in [0.25, 0.3) is 0 Å². The zero-order valence-corrected chi connectivity index (χ0v) is 13.1. The van der Waals surface area contributed by atoms with E-state index >= 15 is 0 Å². The maximum atomic E-state index is 10.3. The van der Waals surface area contributed by atoms with Crippen molar-refractivity contribution in [1.82, 2.24) is 4.90 Å². The first-order valence-electron chi connectivity index (χ1n) is 8.73. The SMILES string of the molecule is OC(CCN1CCC2(CCCCC2)CC1)c1ccccc1. The Morgan fingerprint density at radius 1 is 0.952 bits per heavy atom.